The largest absolute Gasteiger partial charge is 0.393 e. The summed E-state index contributed by atoms with van der Waals surface area (Å²) in [7, 11) is 0. The summed E-state index contributed by atoms with van der Waals surface area (Å²) in [5, 5.41) is 5.65. The number of alkyl halides is 3. The monoisotopic (exact) mass is 371 g/mol. The van der Waals surface area contributed by atoms with Crippen LogP contribution in [0.15, 0.2) is 11.0 Å². The lowest BCUT2D eigenvalue weighted by atomic mass is 9.84. The third-order valence-corrected chi connectivity index (χ3v) is 4.52. The molecular formula is C13H14Cl2F3N3O2. The van der Waals surface area contributed by atoms with E-state index in [4.69, 9.17) is 23.2 Å². The van der Waals surface area contributed by atoms with Crippen molar-refractivity contribution in [2.75, 3.05) is 0 Å². The SMILES string of the molecule is O=C(Cn1ncc(Cl)c(Cl)c1=O)N[C@H]1CCCC[C@H]1C(F)(F)F. The number of nitrogens with one attached hydrogen (secondary N) is 1. The summed E-state index contributed by atoms with van der Waals surface area (Å²) < 4.78 is 39.7. The average molecular weight is 372 g/mol. The molecule has 23 heavy (non-hydrogen) atoms. The molecule has 5 nitrogen and oxygen atoms in total. The lowest BCUT2D eigenvalue weighted by molar-refractivity contribution is -0.189. The van der Waals surface area contributed by atoms with Crippen LogP contribution in [0.4, 0.5) is 13.2 Å². The number of nitrogens with zero attached hydrogens (tertiary/aromatic N) is 2. The maximum absolute atomic E-state index is 13.0. The van der Waals surface area contributed by atoms with Gasteiger partial charge in [0, 0.05) is 6.04 Å². The number of aromatic nitrogens is 2. The Balaban J connectivity index is 2.07. The third kappa shape index (κ3) is 4.38. The molecular weight excluding hydrogens is 358 g/mol. The van der Waals surface area contributed by atoms with E-state index in [1.165, 1.54) is 0 Å². The van der Waals surface area contributed by atoms with Crippen LogP contribution in [0.2, 0.25) is 10.0 Å². The molecule has 1 aliphatic carbocycles. The zero-order chi connectivity index (χ0) is 17.2. The van der Waals surface area contributed by atoms with Gasteiger partial charge in [0.1, 0.15) is 11.6 Å². The Kier molecular flexibility index (Phi) is 5.57. The van der Waals surface area contributed by atoms with E-state index in [9.17, 15) is 22.8 Å². The Hall–Kier alpha value is -1.28. The first kappa shape index (κ1) is 18.1. The Morgan fingerprint density at radius 2 is 2.00 bits per heavy atom. The molecule has 1 N–H and O–H groups in total. The topological polar surface area (TPSA) is 64.0 Å². The molecule has 1 aromatic heterocycles. The predicted molar refractivity (Wildman–Crippen MR) is 78.5 cm³/mol. The van der Waals surface area contributed by atoms with Crippen LogP contribution in [0.5, 0.6) is 0 Å². The maximum atomic E-state index is 13.0. The van der Waals surface area contributed by atoms with Gasteiger partial charge in [-0.2, -0.15) is 18.3 Å². The van der Waals surface area contributed by atoms with Gasteiger partial charge in [0.2, 0.25) is 5.91 Å². The standard InChI is InChI=1S/C13H14Cl2F3N3O2/c14-8-5-19-21(12(23)11(8)15)6-10(22)20-9-4-2-1-3-7(9)13(16,17)18/h5,7,9H,1-4,6H2,(H,20,22)/t7-,9+/m1/s1. The molecule has 0 aliphatic heterocycles. The molecule has 10 heteroatoms. The molecule has 0 radical (unpaired) electrons. The van der Waals surface area contributed by atoms with Crippen LogP contribution in [0.25, 0.3) is 0 Å². The Morgan fingerprint density at radius 1 is 1.35 bits per heavy atom. The van der Waals surface area contributed by atoms with Crippen LogP contribution < -0.4 is 10.9 Å². The zero-order valence-electron chi connectivity index (χ0n) is 11.9. The quantitative estimate of drug-likeness (QED) is 0.888. The van der Waals surface area contributed by atoms with Crippen molar-refractivity contribution in [1.82, 2.24) is 15.1 Å². The van der Waals surface area contributed by atoms with Crippen LogP contribution in [0.1, 0.15) is 25.7 Å². The van der Waals surface area contributed by atoms with Gasteiger partial charge < -0.3 is 5.32 Å². The second-order valence-corrected chi connectivity index (χ2v) is 6.16. The highest BCUT2D eigenvalue weighted by molar-refractivity contribution is 6.41. The Morgan fingerprint density at radius 3 is 2.65 bits per heavy atom. The van der Waals surface area contributed by atoms with Crippen molar-refractivity contribution in [3.63, 3.8) is 0 Å². The average Bonchev–Trinajstić information content (AvgIpc) is 2.47. The highest BCUT2D eigenvalue weighted by Gasteiger charge is 2.45. The van der Waals surface area contributed by atoms with Gasteiger partial charge in [0.15, 0.2) is 0 Å². The summed E-state index contributed by atoms with van der Waals surface area (Å²) in [6.45, 7) is -0.517. The highest BCUT2D eigenvalue weighted by atomic mass is 35.5. The highest BCUT2D eigenvalue weighted by Crippen LogP contribution is 2.37. The van der Waals surface area contributed by atoms with E-state index in [-0.39, 0.29) is 22.9 Å². The van der Waals surface area contributed by atoms with E-state index in [1.807, 2.05) is 0 Å². The summed E-state index contributed by atoms with van der Waals surface area (Å²) in [4.78, 5) is 23.7. The summed E-state index contributed by atoms with van der Waals surface area (Å²) in [6.07, 6.45) is -1.94. The van der Waals surface area contributed by atoms with Gasteiger partial charge in [-0.3, -0.25) is 9.59 Å². The molecule has 1 heterocycles. The Labute approximate surface area is 139 Å². The normalized spacial score (nSPS) is 22.0. The second kappa shape index (κ2) is 7.09. The van der Waals surface area contributed by atoms with E-state index in [0.29, 0.717) is 12.8 Å². The molecule has 0 bridgehead atoms. The number of hydrogen-bond donors (Lipinski definition) is 1. The minimum absolute atomic E-state index is 0.0145. The van der Waals surface area contributed by atoms with Crippen molar-refractivity contribution in [3.8, 4) is 0 Å². The van der Waals surface area contributed by atoms with Gasteiger partial charge in [0.05, 0.1) is 17.1 Å². The van der Waals surface area contributed by atoms with Gasteiger partial charge in [-0.15, -0.1) is 0 Å². The minimum Gasteiger partial charge on any atom is -0.351 e. The molecule has 1 fully saturated rings. The zero-order valence-corrected chi connectivity index (χ0v) is 13.4. The molecule has 0 aromatic carbocycles. The molecule has 1 amide bonds. The van der Waals surface area contributed by atoms with E-state index in [0.717, 1.165) is 10.9 Å². The van der Waals surface area contributed by atoms with Crippen molar-refractivity contribution in [2.24, 2.45) is 5.92 Å². The summed E-state index contributed by atoms with van der Waals surface area (Å²) >= 11 is 11.3. The van der Waals surface area contributed by atoms with Crippen molar-refractivity contribution >= 4 is 29.1 Å². The van der Waals surface area contributed by atoms with Gasteiger partial charge in [0.25, 0.3) is 5.56 Å². The summed E-state index contributed by atoms with van der Waals surface area (Å²) in [6, 6.07) is -0.991. The summed E-state index contributed by atoms with van der Waals surface area (Å²) in [5.41, 5.74) is -0.773. The van der Waals surface area contributed by atoms with Crippen molar-refractivity contribution < 1.29 is 18.0 Å². The van der Waals surface area contributed by atoms with E-state index in [1.54, 1.807) is 0 Å². The van der Waals surface area contributed by atoms with Crippen molar-refractivity contribution in [3.05, 3.63) is 26.6 Å². The van der Waals surface area contributed by atoms with Crippen LogP contribution >= 0.6 is 23.2 Å². The van der Waals surface area contributed by atoms with Gasteiger partial charge in [-0.25, -0.2) is 4.68 Å². The molecule has 0 saturated heterocycles. The molecule has 1 saturated carbocycles. The number of carbonyl (C=O) groups is 1. The number of rotatable bonds is 3. The molecule has 1 aliphatic rings. The smallest absolute Gasteiger partial charge is 0.351 e. The molecule has 128 valence electrons. The first-order valence-electron chi connectivity index (χ1n) is 6.97. The molecule has 2 atom stereocenters. The van der Waals surface area contributed by atoms with Crippen molar-refractivity contribution in [2.45, 2.75) is 44.4 Å². The van der Waals surface area contributed by atoms with Gasteiger partial charge in [-0.1, -0.05) is 36.0 Å². The first-order chi connectivity index (χ1) is 10.7. The number of amides is 1. The fraction of sp³-hybridized carbons (Fsp3) is 0.615. The van der Waals surface area contributed by atoms with Crippen LogP contribution in [-0.2, 0) is 11.3 Å². The predicted octanol–water partition coefficient (Wildman–Crippen LogP) is 2.79. The molecule has 0 unspecified atom stereocenters. The fourth-order valence-electron chi connectivity index (χ4n) is 2.64. The summed E-state index contributed by atoms with van der Waals surface area (Å²) in [5.74, 6) is -2.29. The van der Waals surface area contributed by atoms with E-state index >= 15 is 0 Å². The van der Waals surface area contributed by atoms with Crippen LogP contribution in [0.3, 0.4) is 0 Å². The van der Waals surface area contributed by atoms with E-state index in [2.05, 4.69) is 10.4 Å². The lowest BCUT2D eigenvalue weighted by Crippen LogP contribution is -2.49. The van der Waals surface area contributed by atoms with Crippen LogP contribution in [-0.4, -0.2) is 27.9 Å². The lowest BCUT2D eigenvalue weighted by Gasteiger charge is -2.33. The van der Waals surface area contributed by atoms with Crippen LogP contribution in [0, 0.1) is 5.92 Å². The number of carbonyl (C=O) groups excluding carboxylic acids is 1. The van der Waals surface area contributed by atoms with Crippen molar-refractivity contribution in [1.29, 1.82) is 0 Å². The van der Waals surface area contributed by atoms with Gasteiger partial charge >= 0.3 is 6.18 Å². The minimum atomic E-state index is -4.36. The molecule has 2 rings (SSSR count). The van der Waals surface area contributed by atoms with Gasteiger partial charge in [-0.05, 0) is 12.8 Å². The number of halogens is 5. The van der Waals surface area contributed by atoms with E-state index < -0.39 is 36.1 Å². The Bertz CT molecular complexity index is 648. The fourth-order valence-corrected chi connectivity index (χ4v) is 2.91. The first-order valence-corrected chi connectivity index (χ1v) is 7.73. The molecule has 1 aromatic rings. The second-order valence-electron chi connectivity index (χ2n) is 5.38. The third-order valence-electron chi connectivity index (χ3n) is 3.77. The maximum Gasteiger partial charge on any atom is 0.393 e. The number of hydrogen-bond acceptors (Lipinski definition) is 3. The molecule has 0 spiro atoms.